The summed E-state index contributed by atoms with van der Waals surface area (Å²) in [6.07, 6.45) is 10.7. The second-order valence-corrected chi connectivity index (χ2v) is 12.3. The van der Waals surface area contributed by atoms with Crippen LogP contribution >= 0.6 is 23.1 Å². The first-order chi connectivity index (χ1) is 16.0. The third-order valence-electron chi connectivity index (χ3n) is 7.47. The van der Waals surface area contributed by atoms with Gasteiger partial charge in [-0.2, -0.15) is 0 Å². The van der Waals surface area contributed by atoms with Crippen LogP contribution in [0.2, 0.25) is 0 Å². The van der Waals surface area contributed by atoms with Gasteiger partial charge in [0.05, 0.1) is 10.4 Å². The molecule has 1 aromatic heterocycles. The zero-order chi connectivity index (χ0) is 23.2. The summed E-state index contributed by atoms with van der Waals surface area (Å²) >= 11 is 3.42. The molecule has 4 rings (SSSR count). The van der Waals surface area contributed by atoms with Crippen molar-refractivity contribution in [2.75, 3.05) is 43.8 Å². The second kappa shape index (κ2) is 11.9. The van der Waals surface area contributed by atoms with Gasteiger partial charge < -0.3 is 14.7 Å². The molecule has 9 heteroatoms. The van der Waals surface area contributed by atoms with E-state index in [1.165, 1.54) is 38.8 Å². The Labute approximate surface area is 206 Å². The average molecular weight is 494 g/mol. The van der Waals surface area contributed by atoms with Crippen LogP contribution in [0.3, 0.4) is 0 Å². The number of urea groups is 1. The number of thioether (sulfide) groups is 1. The Morgan fingerprint density at radius 3 is 2.42 bits per heavy atom. The largest absolute Gasteiger partial charge is 0.343 e. The van der Waals surface area contributed by atoms with Crippen LogP contribution in [-0.2, 0) is 4.79 Å². The number of carbonyl (C=O) groups excluding carboxylic acids is 2. The standard InChI is InChI=1S/C24H39N5O2S2/c1-18-5-7-20(8-6-18)29(21-9-13-28(14-10-21)19(2)30)24(31)26-23-25-17-22(33-23)32-16-15-27-11-3-4-12-27/h17-18,20-21H,3-16H2,1-2H3,(H,25,26,31). The van der Waals surface area contributed by atoms with E-state index in [2.05, 4.69) is 27.0 Å². The maximum Gasteiger partial charge on any atom is 0.324 e. The van der Waals surface area contributed by atoms with Gasteiger partial charge in [0, 0.05) is 44.4 Å². The van der Waals surface area contributed by atoms with Crippen molar-refractivity contribution in [1.82, 2.24) is 19.7 Å². The molecule has 1 N–H and O–H groups in total. The van der Waals surface area contributed by atoms with Crippen molar-refractivity contribution in [2.24, 2.45) is 5.92 Å². The summed E-state index contributed by atoms with van der Waals surface area (Å²) in [5.41, 5.74) is 0. The molecule has 3 amide bonds. The molecule has 0 bridgehead atoms. The second-order valence-electron chi connectivity index (χ2n) is 9.87. The van der Waals surface area contributed by atoms with Crippen LogP contribution in [0.1, 0.15) is 65.2 Å². The highest BCUT2D eigenvalue weighted by Crippen LogP contribution is 2.33. The highest BCUT2D eigenvalue weighted by Gasteiger charge is 2.35. The third-order valence-corrected chi connectivity index (χ3v) is 9.55. The Bertz CT molecular complexity index is 782. The Hall–Kier alpha value is -1.32. The number of piperidine rings is 1. The van der Waals surface area contributed by atoms with Crippen molar-refractivity contribution in [2.45, 2.75) is 81.5 Å². The van der Waals surface area contributed by atoms with E-state index in [1.807, 2.05) is 22.9 Å². The number of nitrogens with one attached hydrogen (secondary N) is 1. The van der Waals surface area contributed by atoms with Gasteiger partial charge in [0.1, 0.15) is 0 Å². The summed E-state index contributed by atoms with van der Waals surface area (Å²) in [5.74, 6) is 1.94. The van der Waals surface area contributed by atoms with Gasteiger partial charge in [-0.05, 0) is 70.4 Å². The molecule has 0 radical (unpaired) electrons. The molecule has 1 aliphatic carbocycles. The van der Waals surface area contributed by atoms with E-state index < -0.39 is 0 Å². The van der Waals surface area contributed by atoms with Crippen LogP contribution in [0.15, 0.2) is 10.4 Å². The predicted octanol–water partition coefficient (Wildman–Crippen LogP) is 4.75. The highest BCUT2D eigenvalue weighted by molar-refractivity contribution is 8.01. The van der Waals surface area contributed by atoms with E-state index in [0.717, 1.165) is 61.2 Å². The summed E-state index contributed by atoms with van der Waals surface area (Å²) in [5, 5.41) is 3.82. The third kappa shape index (κ3) is 6.85. The van der Waals surface area contributed by atoms with Gasteiger partial charge in [0.25, 0.3) is 0 Å². The minimum Gasteiger partial charge on any atom is -0.343 e. The van der Waals surface area contributed by atoms with Crippen molar-refractivity contribution in [3.63, 3.8) is 0 Å². The van der Waals surface area contributed by atoms with Crippen molar-refractivity contribution in [3.05, 3.63) is 6.20 Å². The molecule has 33 heavy (non-hydrogen) atoms. The minimum absolute atomic E-state index is 0.0150. The molecule has 0 spiro atoms. The molecule has 3 heterocycles. The molecule has 1 aromatic rings. The summed E-state index contributed by atoms with van der Waals surface area (Å²) in [4.78, 5) is 36.3. The maximum absolute atomic E-state index is 13.5. The number of aromatic nitrogens is 1. The number of amides is 3. The number of carbonyl (C=O) groups is 2. The fourth-order valence-corrected chi connectivity index (χ4v) is 7.37. The van der Waals surface area contributed by atoms with E-state index in [9.17, 15) is 9.59 Å². The van der Waals surface area contributed by atoms with Gasteiger partial charge in [0.2, 0.25) is 5.91 Å². The van der Waals surface area contributed by atoms with E-state index in [0.29, 0.717) is 5.13 Å². The summed E-state index contributed by atoms with van der Waals surface area (Å²) in [6.45, 7) is 9.00. The van der Waals surface area contributed by atoms with Crippen LogP contribution in [0.25, 0.3) is 0 Å². The first-order valence-electron chi connectivity index (χ1n) is 12.7. The number of hydrogen-bond acceptors (Lipinski definition) is 6. The molecule has 2 aliphatic heterocycles. The first-order valence-corrected chi connectivity index (χ1v) is 14.5. The smallest absolute Gasteiger partial charge is 0.324 e. The number of rotatable bonds is 7. The van der Waals surface area contributed by atoms with Gasteiger partial charge in [0.15, 0.2) is 5.13 Å². The highest BCUT2D eigenvalue weighted by atomic mass is 32.2. The number of nitrogens with zero attached hydrogens (tertiary/aromatic N) is 4. The van der Waals surface area contributed by atoms with E-state index >= 15 is 0 Å². The van der Waals surface area contributed by atoms with Crippen LogP contribution in [0.5, 0.6) is 0 Å². The van der Waals surface area contributed by atoms with E-state index in [1.54, 1.807) is 18.3 Å². The lowest BCUT2D eigenvalue weighted by molar-refractivity contribution is -0.130. The first kappa shape index (κ1) is 24.8. The molecule has 184 valence electrons. The Morgan fingerprint density at radius 2 is 1.76 bits per heavy atom. The van der Waals surface area contributed by atoms with Gasteiger partial charge in [-0.25, -0.2) is 9.78 Å². The molecule has 2 saturated heterocycles. The maximum atomic E-state index is 13.5. The van der Waals surface area contributed by atoms with Gasteiger partial charge >= 0.3 is 6.03 Å². The molecule has 0 atom stereocenters. The van der Waals surface area contributed by atoms with Crippen molar-refractivity contribution in [1.29, 1.82) is 0 Å². The van der Waals surface area contributed by atoms with Gasteiger partial charge in [-0.1, -0.05) is 18.3 Å². The van der Waals surface area contributed by atoms with Gasteiger partial charge in [-0.3, -0.25) is 10.1 Å². The number of hydrogen-bond donors (Lipinski definition) is 1. The number of likely N-dealkylation sites (tertiary alicyclic amines) is 2. The van der Waals surface area contributed by atoms with Crippen LogP contribution in [0.4, 0.5) is 9.93 Å². The molecule has 3 aliphatic rings. The number of thiazole rings is 1. The predicted molar refractivity (Wildman–Crippen MR) is 136 cm³/mol. The van der Waals surface area contributed by atoms with Gasteiger partial charge in [-0.15, -0.1) is 11.8 Å². The SMILES string of the molecule is CC(=O)N1CCC(N(C(=O)Nc2ncc(SCCN3CCCC3)s2)C2CCC(C)CC2)CC1. The molecule has 1 saturated carbocycles. The van der Waals surface area contributed by atoms with Crippen molar-refractivity contribution in [3.8, 4) is 0 Å². The molecule has 7 nitrogen and oxygen atoms in total. The average Bonchev–Trinajstić information content (AvgIpc) is 3.48. The Balaban J connectivity index is 1.34. The molecule has 0 aromatic carbocycles. The van der Waals surface area contributed by atoms with Crippen LogP contribution in [-0.4, -0.2) is 82.2 Å². The lowest BCUT2D eigenvalue weighted by Crippen LogP contribution is -2.54. The molecular formula is C24H39N5O2S2. The summed E-state index contributed by atoms with van der Waals surface area (Å²) in [6, 6.07) is 0.455. The quantitative estimate of drug-likeness (QED) is 0.555. The zero-order valence-electron chi connectivity index (χ0n) is 20.1. The lowest BCUT2D eigenvalue weighted by Gasteiger charge is -2.44. The minimum atomic E-state index is -0.0150. The van der Waals surface area contributed by atoms with Crippen LogP contribution < -0.4 is 5.32 Å². The van der Waals surface area contributed by atoms with E-state index in [-0.39, 0.29) is 24.0 Å². The monoisotopic (exact) mass is 493 g/mol. The Morgan fingerprint density at radius 1 is 1.09 bits per heavy atom. The number of anilines is 1. The lowest BCUT2D eigenvalue weighted by atomic mass is 9.85. The van der Waals surface area contributed by atoms with Crippen molar-refractivity contribution >= 4 is 40.2 Å². The molecule has 3 fully saturated rings. The zero-order valence-corrected chi connectivity index (χ0v) is 21.8. The molecule has 0 unspecified atom stereocenters. The topological polar surface area (TPSA) is 68.8 Å². The Kier molecular flexibility index (Phi) is 8.93. The van der Waals surface area contributed by atoms with E-state index in [4.69, 9.17) is 0 Å². The fourth-order valence-electron chi connectivity index (χ4n) is 5.43. The van der Waals surface area contributed by atoms with Crippen molar-refractivity contribution < 1.29 is 9.59 Å². The summed E-state index contributed by atoms with van der Waals surface area (Å²) in [7, 11) is 0. The van der Waals surface area contributed by atoms with Crippen LogP contribution in [0, 0.1) is 5.92 Å². The fraction of sp³-hybridized carbons (Fsp3) is 0.792. The molecular weight excluding hydrogens is 454 g/mol. The normalized spacial score (nSPS) is 24.7. The summed E-state index contributed by atoms with van der Waals surface area (Å²) < 4.78 is 1.16.